The van der Waals surface area contributed by atoms with E-state index in [4.69, 9.17) is 0 Å². The van der Waals surface area contributed by atoms with Gasteiger partial charge in [-0.3, -0.25) is 4.57 Å². The van der Waals surface area contributed by atoms with E-state index in [1.165, 1.54) is 41.5 Å². The van der Waals surface area contributed by atoms with Gasteiger partial charge in [0.1, 0.15) is 5.75 Å². The van der Waals surface area contributed by atoms with Gasteiger partial charge in [0.05, 0.1) is 18.1 Å². The van der Waals surface area contributed by atoms with E-state index in [2.05, 4.69) is 19.9 Å². The van der Waals surface area contributed by atoms with Crippen LogP contribution in [0, 0.1) is 0 Å². The standard InChI is InChI=1S/C15H9F3N4O2/c16-15(17,18)24-13-3-1-12(2-4-13)22-9-11(7-19-14(22)23)10-5-6-20-21-8-10/h1-9H. The highest BCUT2D eigenvalue weighted by atomic mass is 19.4. The molecule has 0 saturated carbocycles. The molecule has 0 aliphatic heterocycles. The minimum atomic E-state index is -4.77. The molecular weight excluding hydrogens is 325 g/mol. The number of nitrogens with zero attached hydrogens (tertiary/aromatic N) is 4. The minimum Gasteiger partial charge on any atom is -0.406 e. The van der Waals surface area contributed by atoms with E-state index in [9.17, 15) is 18.0 Å². The van der Waals surface area contributed by atoms with Gasteiger partial charge in [-0.05, 0) is 30.3 Å². The highest BCUT2D eigenvalue weighted by molar-refractivity contribution is 5.60. The fraction of sp³-hybridized carbons (Fsp3) is 0.0667. The topological polar surface area (TPSA) is 69.9 Å². The van der Waals surface area contributed by atoms with Crippen molar-refractivity contribution in [3.8, 4) is 22.6 Å². The SMILES string of the molecule is O=c1ncc(-c2ccnnc2)cn1-c1ccc(OC(F)(F)F)cc1. The molecule has 3 rings (SSSR count). The van der Waals surface area contributed by atoms with Crippen molar-refractivity contribution in [2.24, 2.45) is 0 Å². The third kappa shape index (κ3) is 3.57. The number of alkyl halides is 3. The first-order valence-corrected chi connectivity index (χ1v) is 6.64. The molecule has 0 bridgehead atoms. The first-order chi connectivity index (χ1) is 11.4. The monoisotopic (exact) mass is 334 g/mol. The predicted octanol–water partition coefficient (Wildman–Crippen LogP) is 2.59. The van der Waals surface area contributed by atoms with Crippen molar-refractivity contribution >= 4 is 0 Å². The molecule has 0 N–H and O–H groups in total. The average Bonchev–Trinajstić information content (AvgIpc) is 2.56. The van der Waals surface area contributed by atoms with Gasteiger partial charge in [0.15, 0.2) is 0 Å². The van der Waals surface area contributed by atoms with Gasteiger partial charge in [-0.25, -0.2) is 9.78 Å². The Kier molecular flexibility index (Phi) is 3.98. The van der Waals surface area contributed by atoms with Gasteiger partial charge in [-0.15, -0.1) is 13.2 Å². The smallest absolute Gasteiger partial charge is 0.406 e. The van der Waals surface area contributed by atoms with Crippen molar-refractivity contribution in [1.82, 2.24) is 19.7 Å². The molecule has 6 nitrogen and oxygen atoms in total. The van der Waals surface area contributed by atoms with Gasteiger partial charge in [-0.2, -0.15) is 10.2 Å². The number of aromatic nitrogens is 4. The summed E-state index contributed by atoms with van der Waals surface area (Å²) < 4.78 is 41.5. The summed E-state index contributed by atoms with van der Waals surface area (Å²) in [5, 5.41) is 7.41. The van der Waals surface area contributed by atoms with Crippen LogP contribution in [-0.2, 0) is 0 Å². The van der Waals surface area contributed by atoms with Gasteiger partial charge in [-0.1, -0.05) is 0 Å². The normalized spacial score (nSPS) is 11.3. The zero-order valence-corrected chi connectivity index (χ0v) is 11.9. The molecule has 0 unspecified atom stereocenters. The van der Waals surface area contributed by atoms with Gasteiger partial charge in [0.2, 0.25) is 0 Å². The predicted molar refractivity (Wildman–Crippen MR) is 77.5 cm³/mol. The Morgan fingerprint density at radius 2 is 1.71 bits per heavy atom. The van der Waals surface area contributed by atoms with Crippen molar-refractivity contribution in [1.29, 1.82) is 0 Å². The van der Waals surface area contributed by atoms with Crippen LogP contribution in [0.15, 0.2) is 59.9 Å². The molecule has 0 atom stereocenters. The molecule has 24 heavy (non-hydrogen) atoms. The van der Waals surface area contributed by atoms with Crippen LogP contribution in [0.25, 0.3) is 16.8 Å². The molecule has 122 valence electrons. The Hall–Kier alpha value is -3.23. The van der Waals surface area contributed by atoms with Crippen LogP contribution in [0.4, 0.5) is 13.2 Å². The molecule has 0 aliphatic rings. The van der Waals surface area contributed by atoms with Crippen molar-refractivity contribution in [3.05, 3.63) is 65.6 Å². The van der Waals surface area contributed by atoms with Crippen molar-refractivity contribution < 1.29 is 17.9 Å². The van der Waals surface area contributed by atoms with Crippen LogP contribution in [-0.4, -0.2) is 26.1 Å². The average molecular weight is 334 g/mol. The minimum absolute atomic E-state index is 0.353. The quantitative estimate of drug-likeness (QED) is 0.736. The van der Waals surface area contributed by atoms with E-state index in [0.29, 0.717) is 16.8 Å². The third-order valence-corrected chi connectivity index (χ3v) is 3.05. The Labute approximate surface area is 133 Å². The molecule has 0 saturated heterocycles. The summed E-state index contributed by atoms with van der Waals surface area (Å²) in [5.74, 6) is -0.373. The van der Waals surface area contributed by atoms with Crippen LogP contribution in [0.1, 0.15) is 0 Å². The maximum atomic E-state index is 12.2. The largest absolute Gasteiger partial charge is 0.573 e. The first kappa shape index (κ1) is 15.7. The molecule has 2 aromatic heterocycles. The van der Waals surface area contributed by atoms with Crippen LogP contribution in [0.5, 0.6) is 5.75 Å². The fourth-order valence-corrected chi connectivity index (χ4v) is 2.02. The Bertz CT molecular complexity index is 893. The zero-order chi connectivity index (χ0) is 17.2. The lowest BCUT2D eigenvalue weighted by Crippen LogP contribution is -2.20. The molecule has 9 heteroatoms. The van der Waals surface area contributed by atoms with Gasteiger partial charge in [0.25, 0.3) is 0 Å². The highest BCUT2D eigenvalue weighted by Crippen LogP contribution is 2.24. The number of hydrogen-bond donors (Lipinski definition) is 0. The van der Waals surface area contributed by atoms with Crippen LogP contribution in [0.3, 0.4) is 0 Å². The van der Waals surface area contributed by atoms with Gasteiger partial charge < -0.3 is 4.74 Å². The van der Waals surface area contributed by atoms with Crippen molar-refractivity contribution in [2.45, 2.75) is 6.36 Å². The van der Waals surface area contributed by atoms with E-state index < -0.39 is 12.1 Å². The second-order valence-corrected chi connectivity index (χ2v) is 4.67. The molecule has 1 aromatic carbocycles. The summed E-state index contributed by atoms with van der Waals surface area (Å²) in [4.78, 5) is 15.7. The summed E-state index contributed by atoms with van der Waals surface area (Å²) in [5.41, 5.74) is 1.10. The molecule has 3 aromatic rings. The maximum Gasteiger partial charge on any atom is 0.573 e. The molecule has 0 spiro atoms. The number of benzene rings is 1. The molecule has 0 amide bonds. The van der Waals surface area contributed by atoms with E-state index in [-0.39, 0.29) is 5.75 Å². The molecule has 0 radical (unpaired) electrons. The summed E-state index contributed by atoms with van der Waals surface area (Å²) in [7, 11) is 0. The number of halogens is 3. The Morgan fingerprint density at radius 1 is 0.958 bits per heavy atom. The number of ether oxygens (including phenoxy) is 1. The molecule has 0 fully saturated rings. The molecule has 2 heterocycles. The van der Waals surface area contributed by atoms with E-state index in [0.717, 1.165) is 12.1 Å². The molecular formula is C15H9F3N4O2. The second-order valence-electron chi connectivity index (χ2n) is 4.67. The lowest BCUT2D eigenvalue weighted by molar-refractivity contribution is -0.274. The summed E-state index contributed by atoms with van der Waals surface area (Å²) in [6.45, 7) is 0. The zero-order valence-electron chi connectivity index (χ0n) is 11.9. The van der Waals surface area contributed by atoms with Crippen LogP contribution in [0.2, 0.25) is 0 Å². The number of hydrogen-bond acceptors (Lipinski definition) is 5. The van der Waals surface area contributed by atoms with Crippen LogP contribution < -0.4 is 10.4 Å². The van der Waals surface area contributed by atoms with E-state index in [1.54, 1.807) is 6.07 Å². The first-order valence-electron chi connectivity index (χ1n) is 6.64. The molecule has 0 aliphatic carbocycles. The summed E-state index contributed by atoms with van der Waals surface area (Å²) in [6.07, 6.45) is 1.14. The van der Waals surface area contributed by atoms with Gasteiger partial charge in [0, 0.05) is 23.5 Å². The maximum absolute atomic E-state index is 12.2. The van der Waals surface area contributed by atoms with E-state index in [1.807, 2.05) is 0 Å². The summed E-state index contributed by atoms with van der Waals surface area (Å²) in [6, 6.07) is 6.60. The Morgan fingerprint density at radius 3 is 2.33 bits per heavy atom. The van der Waals surface area contributed by atoms with Crippen LogP contribution >= 0.6 is 0 Å². The highest BCUT2D eigenvalue weighted by Gasteiger charge is 2.30. The number of rotatable bonds is 3. The summed E-state index contributed by atoms with van der Waals surface area (Å²) >= 11 is 0. The van der Waals surface area contributed by atoms with Crippen molar-refractivity contribution in [2.75, 3.05) is 0 Å². The Balaban J connectivity index is 1.96. The van der Waals surface area contributed by atoms with E-state index >= 15 is 0 Å². The lowest BCUT2D eigenvalue weighted by atomic mass is 10.2. The second kappa shape index (κ2) is 6.11. The van der Waals surface area contributed by atoms with Gasteiger partial charge >= 0.3 is 12.1 Å². The van der Waals surface area contributed by atoms with Crippen molar-refractivity contribution in [3.63, 3.8) is 0 Å². The fourth-order valence-electron chi connectivity index (χ4n) is 2.02. The lowest BCUT2D eigenvalue weighted by Gasteiger charge is -2.10. The third-order valence-electron chi connectivity index (χ3n) is 3.05.